The fourth-order valence-corrected chi connectivity index (χ4v) is 14.7. The number of azide groups is 1. The summed E-state index contributed by atoms with van der Waals surface area (Å²) < 4.78 is 57.5. The lowest BCUT2D eigenvalue weighted by Gasteiger charge is -2.52. The highest BCUT2D eigenvalue weighted by atomic mass is 16.8. The zero-order valence-corrected chi connectivity index (χ0v) is 59.4. The van der Waals surface area contributed by atoms with Gasteiger partial charge < -0.3 is 129 Å². The zero-order valence-electron chi connectivity index (χ0n) is 59.4. The zero-order chi connectivity index (χ0) is 86.7. The van der Waals surface area contributed by atoms with Gasteiger partial charge in [0, 0.05) is 23.5 Å². The van der Waals surface area contributed by atoms with E-state index >= 15 is 14.4 Å². The maximum Gasteiger partial charge on any atom is 0.260 e. The van der Waals surface area contributed by atoms with Gasteiger partial charge in [-0.25, -0.2) is 0 Å². The second-order valence-electron chi connectivity index (χ2n) is 27.9. The second-order valence-corrected chi connectivity index (χ2v) is 27.9. The summed E-state index contributed by atoms with van der Waals surface area (Å²) in [5.74, 6) is -70.0. The van der Waals surface area contributed by atoms with Gasteiger partial charge in [0.2, 0.25) is 98.3 Å². The van der Waals surface area contributed by atoms with E-state index in [0.29, 0.717) is 24.3 Å². The molecule has 49 heteroatoms. The number of hydrogen-bond donors (Lipinski definition) is 16. The topological polar surface area (TPSA) is 806 Å². The molecule has 6 fully saturated rings. The number of carbonyl (C=O) groups is 20. The van der Waals surface area contributed by atoms with Gasteiger partial charge in [0.1, 0.15) is 122 Å². The number of carbonyl (C=O) groups excluding carboxylic acids is 20. The van der Waals surface area contributed by atoms with Gasteiger partial charge in [-0.1, -0.05) is 5.11 Å². The Kier molecular flexibility index (Phi) is 26.5. The maximum atomic E-state index is 15.5. The highest BCUT2D eigenvalue weighted by molar-refractivity contribution is 6.63. The third kappa shape index (κ3) is 15.5. The quantitative estimate of drug-likeness (QED) is 0.00743. The highest BCUT2D eigenvalue weighted by Gasteiger charge is 2.74. The number of aliphatic hydroxyl groups excluding tert-OH is 16. The Morgan fingerprint density at radius 2 is 0.855 bits per heavy atom. The molecule has 3 unspecified atom stereocenters. The van der Waals surface area contributed by atoms with Crippen molar-refractivity contribution in [2.24, 2.45) is 28.8 Å². The minimum atomic E-state index is -4.35. The van der Waals surface area contributed by atoms with E-state index in [1.807, 2.05) is 0 Å². The molecule has 10 rings (SSSR count). The smallest absolute Gasteiger partial charge is 0.260 e. The van der Waals surface area contributed by atoms with Crippen LogP contribution in [0.4, 0.5) is 0 Å². The van der Waals surface area contributed by atoms with Crippen LogP contribution in [-0.2, 0) is 143 Å². The average molecular weight is 1660 g/mol. The van der Waals surface area contributed by atoms with Crippen molar-refractivity contribution in [2.75, 3.05) is 46.2 Å². The number of rotatable bonds is 32. The Balaban J connectivity index is 1.05. The molecule has 0 aromatic rings. The van der Waals surface area contributed by atoms with E-state index in [1.165, 1.54) is 0 Å². The molecule has 10 aliphatic rings. The van der Waals surface area contributed by atoms with E-state index in [4.69, 9.17) is 52.9 Å². The van der Waals surface area contributed by atoms with Gasteiger partial charge >= 0.3 is 0 Å². The van der Waals surface area contributed by atoms with Crippen LogP contribution in [0, 0.1) is 23.7 Å². The third-order valence-corrected chi connectivity index (χ3v) is 20.8. The fourth-order valence-electron chi connectivity index (χ4n) is 14.7. The number of allylic oxidation sites excluding steroid dienone is 7. The summed E-state index contributed by atoms with van der Waals surface area (Å²) >= 11 is 0. The van der Waals surface area contributed by atoms with Gasteiger partial charge in [0.15, 0.2) is 46.8 Å². The first kappa shape index (κ1) is 90.0. The van der Waals surface area contributed by atoms with Crippen LogP contribution in [0.15, 0.2) is 53.2 Å². The molecule has 28 atom stereocenters. The SMILES string of the molecule is [N-]=[N+]=NCCCO[C@@]1(CC2=CC(=O)C(=O)CC2=O)O[C@H](CO)[C@@H](O)[C@H](O)[C@@H]1O[C@]1(C(=O)C2C(=O)C=CC(=O)C2=O)O[C@@H]([C@@H](CO)O[C@]2(C(=O)C3C(=O)C=CC(=O)C3=O)O[C@@H]([C@H](O)CO[C@]3(C(=O)C4C(=O)C=CC(=O)C4=O)O[C@@H]([C@@H](CO)O[C@]4(C(=O)C5C(=O)C(=O)CC(=O)C5=O)O[C@@H]([C@H](O)CO)[C@H](O)[C@H]4O)[C@H](O)[C@H]3O)[C@H](O)[C@H]2O)[C@H](O)[C@H]1O. The molecule has 0 spiro atoms. The van der Waals surface area contributed by atoms with Crippen LogP contribution in [0.1, 0.15) is 25.7 Å². The molecule has 117 heavy (non-hydrogen) atoms. The number of ketones is 20. The molecule has 0 aromatic heterocycles. The van der Waals surface area contributed by atoms with Crippen LogP contribution in [0.5, 0.6) is 0 Å². The molecule has 49 nitrogen and oxygen atoms in total. The molecule has 5 saturated heterocycles. The Hall–Kier alpha value is -9.37. The lowest BCUT2D eigenvalue weighted by Crippen LogP contribution is -2.71. The summed E-state index contributed by atoms with van der Waals surface area (Å²) in [7, 11) is 0. The second kappa shape index (κ2) is 34.5. The Morgan fingerprint density at radius 1 is 0.453 bits per heavy atom. The first-order chi connectivity index (χ1) is 54.9. The summed E-state index contributed by atoms with van der Waals surface area (Å²) in [4.78, 5) is 275. The maximum absolute atomic E-state index is 15.5. The van der Waals surface area contributed by atoms with E-state index < -0.39 is 368 Å². The van der Waals surface area contributed by atoms with Gasteiger partial charge in [-0.05, 0) is 54.5 Å². The van der Waals surface area contributed by atoms with Crippen LogP contribution in [-0.4, -0.2) is 395 Å². The molecule has 0 aromatic carbocycles. The molecule has 0 bridgehead atoms. The third-order valence-electron chi connectivity index (χ3n) is 20.8. The van der Waals surface area contributed by atoms with Crippen LogP contribution >= 0.6 is 0 Å². The minimum absolute atomic E-state index is 0.256. The van der Waals surface area contributed by atoms with Gasteiger partial charge in [-0.3, -0.25) is 95.9 Å². The van der Waals surface area contributed by atoms with Crippen molar-refractivity contribution < 1.29 is 225 Å². The van der Waals surface area contributed by atoms with Crippen LogP contribution in [0.3, 0.4) is 0 Å². The molecular formula is C68H69N3O46. The van der Waals surface area contributed by atoms with E-state index in [-0.39, 0.29) is 18.2 Å². The van der Waals surface area contributed by atoms with E-state index in [0.717, 1.165) is 0 Å². The summed E-state index contributed by atoms with van der Waals surface area (Å²) in [5, 5.41) is 188. The van der Waals surface area contributed by atoms with E-state index in [1.54, 1.807) is 0 Å². The molecule has 5 aliphatic carbocycles. The molecule has 0 radical (unpaired) electrons. The molecule has 1 saturated carbocycles. The molecule has 632 valence electrons. The molecule has 16 N–H and O–H groups in total. The van der Waals surface area contributed by atoms with Gasteiger partial charge in [-0.2, -0.15) is 0 Å². The monoisotopic (exact) mass is 1660 g/mol. The van der Waals surface area contributed by atoms with E-state index in [9.17, 15) is 163 Å². The Morgan fingerprint density at radius 3 is 1.31 bits per heavy atom. The summed E-state index contributed by atoms with van der Waals surface area (Å²) in [6.45, 7) is -10.1. The van der Waals surface area contributed by atoms with Crippen molar-refractivity contribution in [1.29, 1.82) is 0 Å². The number of aliphatic hydroxyl groups is 16. The predicted molar refractivity (Wildman–Crippen MR) is 347 cm³/mol. The van der Waals surface area contributed by atoms with E-state index in [2.05, 4.69) is 10.0 Å². The number of nitrogens with zero attached hydrogens (tertiary/aromatic N) is 3. The lowest BCUT2D eigenvalue weighted by molar-refractivity contribution is -0.402. The van der Waals surface area contributed by atoms with Crippen LogP contribution < -0.4 is 0 Å². The average Bonchev–Trinajstić information content (AvgIpc) is 1.64. The summed E-state index contributed by atoms with van der Waals surface area (Å²) in [5.41, 5.74) is 8.19. The van der Waals surface area contributed by atoms with Gasteiger partial charge in [0.25, 0.3) is 23.1 Å². The van der Waals surface area contributed by atoms with Gasteiger partial charge in [0.05, 0.1) is 52.5 Å². The molecular weight excluding hydrogens is 1590 g/mol. The van der Waals surface area contributed by atoms with Gasteiger partial charge in [-0.15, -0.1) is 0 Å². The fraction of sp³-hybridized carbons (Fsp3) is 0.588. The molecule has 0 amide bonds. The number of ether oxygens (including phenoxy) is 10. The largest absolute Gasteiger partial charge is 0.394 e. The summed E-state index contributed by atoms with van der Waals surface area (Å²) in [6, 6.07) is 0. The van der Waals surface area contributed by atoms with Crippen LogP contribution in [0.2, 0.25) is 0 Å². The Bertz CT molecular complexity index is 4430. The normalized spacial score (nSPS) is 38.6. The van der Waals surface area contributed by atoms with Crippen molar-refractivity contribution in [3.63, 3.8) is 0 Å². The first-order valence-corrected chi connectivity index (χ1v) is 34.8. The Labute approximate surface area is 649 Å². The van der Waals surface area contributed by atoms with Crippen molar-refractivity contribution >= 4 is 116 Å². The summed E-state index contributed by atoms with van der Waals surface area (Å²) in [6.07, 6.45) is -61.7. The predicted octanol–water partition coefficient (Wildman–Crippen LogP) is -15.7. The van der Waals surface area contributed by atoms with Crippen molar-refractivity contribution in [3.05, 3.63) is 58.5 Å². The first-order valence-electron chi connectivity index (χ1n) is 34.8. The molecule has 5 aliphatic heterocycles. The van der Waals surface area contributed by atoms with Crippen molar-refractivity contribution in [3.8, 4) is 0 Å². The number of Topliss-reactive ketones (excluding diaryl/α,β-unsaturated/α-hetero) is 13. The lowest BCUT2D eigenvalue weighted by atomic mass is 9.78. The van der Waals surface area contributed by atoms with Crippen molar-refractivity contribution in [2.45, 2.75) is 177 Å². The van der Waals surface area contributed by atoms with Crippen molar-refractivity contribution in [1.82, 2.24) is 0 Å². The highest BCUT2D eigenvalue weighted by Crippen LogP contribution is 2.50. The molecule has 5 heterocycles. The number of hydrogen-bond acceptors (Lipinski definition) is 47. The van der Waals surface area contributed by atoms with Crippen LogP contribution in [0.25, 0.3) is 10.4 Å². The minimum Gasteiger partial charge on any atom is -0.394 e. The standard InChI is InChI=1S/C68H69N3O46/c69-71-70-8-1-9-108-64(13-19-10-27(83)28(84)11-26(19)82)63(46(95)45(94)33(15-73)110-64)117-68(57(102)38-22(78)4-7-25(81)42(38)91)62(107)50(99)54(116-68)35(17-75)111-66(56(101)37-21(77)3-6-24(80)41(37)90)61(106)48(97)52(114-66)32(88)18-109-65(55(100)36-20(76)2-5-23(79)40(36)89)59(104)49(98)53(115-65)34(16-74)112-67(60(105)47(96)51(113-67)31(87)14-72)58(103)39-43(92)29(85)12-30(86)44(39)93/h2-7,10,31-39,45-54,59-63,72-75,87-88,94-99,104-107H,1,8-9,11-18H2/t31-,32-,33-,34-,35-,36?,37?,38?,45-,46+,47+,48+,49+,50+,51+,52+,53+,54+,59-,60-,61-,62-,63+,64+,65-,66-,67-,68+/m1/s1.